The van der Waals surface area contributed by atoms with Crippen LogP contribution in [0.3, 0.4) is 0 Å². The third-order valence-corrected chi connectivity index (χ3v) is 14.9. The van der Waals surface area contributed by atoms with E-state index in [4.69, 9.17) is 37.0 Å². The molecule has 17 nitrogen and oxygen atoms in total. The molecule has 0 heterocycles. The second-order valence-electron chi connectivity index (χ2n) is 21.2. The molecule has 0 aliphatic carbocycles. The summed E-state index contributed by atoms with van der Waals surface area (Å²) in [6.45, 7) is 7.00. The van der Waals surface area contributed by atoms with Crippen LogP contribution in [0.15, 0.2) is 0 Å². The molecule has 0 aliphatic heterocycles. The highest BCUT2D eigenvalue weighted by atomic mass is 31.2. The first kappa shape index (κ1) is 74.1. The predicted octanol–water partition coefficient (Wildman–Crippen LogP) is 15.1. The molecule has 0 spiro atoms. The van der Waals surface area contributed by atoms with Crippen LogP contribution in [0, 0.1) is 5.92 Å². The summed E-state index contributed by atoms with van der Waals surface area (Å²) in [5, 5.41) is 10.5. The van der Waals surface area contributed by atoms with Gasteiger partial charge in [-0.15, -0.1) is 0 Å². The van der Waals surface area contributed by atoms with Crippen molar-refractivity contribution in [3.8, 4) is 0 Å². The number of carbonyl (C=O) groups is 4. The fourth-order valence-electron chi connectivity index (χ4n) is 8.34. The highest BCUT2D eigenvalue weighted by molar-refractivity contribution is 7.47. The molecule has 19 heteroatoms. The van der Waals surface area contributed by atoms with Gasteiger partial charge in [-0.1, -0.05) is 227 Å². The third kappa shape index (κ3) is 51.5. The Morgan fingerprint density at radius 3 is 0.895 bits per heavy atom. The van der Waals surface area contributed by atoms with Gasteiger partial charge in [0.1, 0.15) is 19.3 Å². The maximum Gasteiger partial charge on any atom is 0.472 e. The van der Waals surface area contributed by atoms with Gasteiger partial charge in [0.05, 0.1) is 26.4 Å². The number of aliphatic hydroxyl groups is 1. The number of rotatable bonds is 57. The average molecular weight is 1130 g/mol. The van der Waals surface area contributed by atoms with Crippen molar-refractivity contribution in [3.63, 3.8) is 0 Å². The lowest BCUT2D eigenvalue weighted by Crippen LogP contribution is -2.30. The van der Waals surface area contributed by atoms with Gasteiger partial charge in [0.15, 0.2) is 12.2 Å². The van der Waals surface area contributed by atoms with Gasteiger partial charge in [0, 0.05) is 25.7 Å². The molecule has 3 N–H and O–H groups in total. The van der Waals surface area contributed by atoms with Gasteiger partial charge in [0.25, 0.3) is 0 Å². The number of hydrogen-bond acceptors (Lipinski definition) is 15. The number of aliphatic hydroxyl groups excluding tert-OH is 1. The Kier molecular flexibility index (Phi) is 49.9. The van der Waals surface area contributed by atoms with E-state index in [1.165, 1.54) is 77.0 Å². The van der Waals surface area contributed by atoms with Crippen LogP contribution in [0.2, 0.25) is 0 Å². The highest BCUT2D eigenvalue weighted by Gasteiger charge is 2.30. The number of unbranched alkanes of at least 4 members (excludes halogenated alkanes) is 29. The first-order chi connectivity index (χ1) is 36.5. The van der Waals surface area contributed by atoms with Crippen molar-refractivity contribution in [1.82, 2.24) is 0 Å². The molecule has 0 aromatic carbocycles. The van der Waals surface area contributed by atoms with Gasteiger partial charge in [-0.05, 0) is 31.6 Å². The predicted molar refractivity (Wildman–Crippen MR) is 298 cm³/mol. The summed E-state index contributed by atoms with van der Waals surface area (Å²) in [4.78, 5) is 71.4. The summed E-state index contributed by atoms with van der Waals surface area (Å²) in [5.74, 6) is -1.37. The van der Waals surface area contributed by atoms with E-state index in [9.17, 15) is 43.2 Å². The van der Waals surface area contributed by atoms with Gasteiger partial charge in [-0.3, -0.25) is 37.3 Å². The smallest absolute Gasteiger partial charge is 0.462 e. The van der Waals surface area contributed by atoms with Crippen LogP contribution in [-0.2, 0) is 65.4 Å². The van der Waals surface area contributed by atoms with E-state index in [0.29, 0.717) is 25.7 Å². The van der Waals surface area contributed by atoms with Crippen LogP contribution in [0.1, 0.15) is 279 Å². The summed E-state index contributed by atoms with van der Waals surface area (Å²) < 4.78 is 67.3. The largest absolute Gasteiger partial charge is 0.472 e. The topological polar surface area (TPSA) is 237 Å². The van der Waals surface area contributed by atoms with Crippen LogP contribution in [-0.4, -0.2) is 96.7 Å². The summed E-state index contributed by atoms with van der Waals surface area (Å²) in [7, 11) is -9.85. The van der Waals surface area contributed by atoms with Crippen molar-refractivity contribution in [1.29, 1.82) is 0 Å². The molecule has 5 atom stereocenters. The number of phosphoric ester groups is 2. The maximum absolute atomic E-state index is 12.9. The SMILES string of the molecule is CCCCCCCCCCC(=O)OC[C@H](COP(=O)(O)OC[C@@H](O)COP(=O)(O)OC[C@@H](COC(=O)CCCCCCC)OC(=O)CCCCCCCCC)OC(=O)CCCCCCCCCCCCCCCC(C)C. The van der Waals surface area contributed by atoms with E-state index in [0.717, 1.165) is 121 Å². The molecule has 0 radical (unpaired) electrons. The van der Waals surface area contributed by atoms with Crippen LogP contribution < -0.4 is 0 Å². The Balaban J connectivity index is 5.11. The molecule has 0 aromatic rings. The second-order valence-corrected chi connectivity index (χ2v) is 24.1. The Bertz CT molecular complexity index is 1500. The second kappa shape index (κ2) is 51.2. The van der Waals surface area contributed by atoms with Crippen LogP contribution in [0.25, 0.3) is 0 Å². The maximum atomic E-state index is 12.9. The summed E-state index contributed by atoms with van der Waals surface area (Å²) in [5.41, 5.74) is 0. The molecule has 0 bridgehead atoms. The van der Waals surface area contributed by atoms with Crippen molar-refractivity contribution < 1.29 is 80.2 Å². The third-order valence-electron chi connectivity index (χ3n) is 13.0. The minimum absolute atomic E-state index is 0.103. The minimum Gasteiger partial charge on any atom is -0.462 e. The Labute approximate surface area is 460 Å². The van der Waals surface area contributed by atoms with Gasteiger partial charge in [-0.25, -0.2) is 9.13 Å². The summed E-state index contributed by atoms with van der Waals surface area (Å²) in [6.07, 6.45) is 32.6. The molecule has 0 rings (SSSR count). The summed E-state index contributed by atoms with van der Waals surface area (Å²) >= 11 is 0. The van der Waals surface area contributed by atoms with Crippen molar-refractivity contribution in [3.05, 3.63) is 0 Å². The van der Waals surface area contributed by atoms with Gasteiger partial charge in [0.2, 0.25) is 0 Å². The molecule has 2 unspecified atom stereocenters. The zero-order valence-electron chi connectivity index (χ0n) is 48.4. The van der Waals surface area contributed by atoms with Crippen molar-refractivity contribution in [2.75, 3.05) is 39.6 Å². The standard InChI is InChI=1S/C57H110O17P2/c1-6-9-12-15-17-27-31-36-41-55(60)68-47-53(74-57(62)43-38-33-28-24-22-20-18-19-21-23-26-30-34-39-50(4)5)49-72-76(65,66)70-45-51(58)44-69-75(63,64)71-48-52(46-67-54(59)40-35-29-14-11-8-3)73-56(61)42-37-32-25-16-13-10-7-2/h50-53,58H,6-49H2,1-5H3,(H,63,64)(H,65,66)/t51-,52+,53+/m0/s1. The minimum atomic E-state index is -4.93. The van der Waals surface area contributed by atoms with Crippen molar-refractivity contribution >= 4 is 39.5 Å². The van der Waals surface area contributed by atoms with Gasteiger partial charge >= 0.3 is 39.5 Å². The lowest BCUT2D eigenvalue weighted by atomic mass is 10.0. The van der Waals surface area contributed by atoms with E-state index in [-0.39, 0.29) is 25.7 Å². The molecular weight excluding hydrogens is 1020 g/mol. The Hall–Kier alpha value is -1.94. The monoisotopic (exact) mass is 1130 g/mol. The van der Waals surface area contributed by atoms with E-state index in [1.807, 2.05) is 0 Å². The van der Waals surface area contributed by atoms with Crippen molar-refractivity contribution in [2.45, 2.75) is 297 Å². The normalized spacial score (nSPS) is 14.4. The Morgan fingerprint density at radius 2 is 0.605 bits per heavy atom. The molecule has 76 heavy (non-hydrogen) atoms. The molecule has 0 saturated carbocycles. The van der Waals surface area contributed by atoms with E-state index >= 15 is 0 Å². The van der Waals surface area contributed by atoms with Gasteiger partial charge < -0.3 is 33.8 Å². The molecule has 450 valence electrons. The van der Waals surface area contributed by atoms with Crippen molar-refractivity contribution in [2.24, 2.45) is 5.92 Å². The van der Waals surface area contributed by atoms with Gasteiger partial charge in [-0.2, -0.15) is 0 Å². The summed E-state index contributed by atoms with van der Waals surface area (Å²) in [6, 6.07) is 0. The van der Waals surface area contributed by atoms with Crippen LogP contribution >= 0.6 is 15.6 Å². The number of ether oxygens (including phenoxy) is 4. The molecule has 0 fully saturated rings. The van der Waals surface area contributed by atoms with Crippen LogP contribution in [0.4, 0.5) is 0 Å². The van der Waals surface area contributed by atoms with E-state index in [2.05, 4.69) is 34.6 Å². The zero-order chi connectivity index (χ0) is 56.4. The van der Waals surface area contributed by atoms with E-state index in [1.54, 1.807) is 0 Å². The first-order valence-corrected chi connectivity index (χ1v) is 33.1. The molecule has 0 aromatic heterocycles. The lowest BCUT2D eigenvalue weighted by Gasteiger charge is -2.21. The Morgan fingerprint density at radius 1 is 0.355 bits per heavy atom. The average Bonchev–Trinajstić information content (AvgIpc) is 3.38. The fraction of sp³-hybridized carbons (Fsp3) is 0.930. The number of phosphoric acid groups is 2. The quantitative estimate of drug-likeness (QED) is 0.0222. The molecule has 0 aliphatic rings. The first-order valence-electron chi connectivity index (χ1n) is 30.1. The number of hydrogen-bond donors (Lipinski definition) is 3. The highest BCUT2D eigenvalue weighted by Crippen LogP contribution is 2.45. The lowest BCUT2D eigenvalue weighted by molar-refractivity contribution is -0.161. The van der Waals surface area contributed by atoms with Crippen LogP contribution in [0.5, 0.6) is 0 Å². The molecule has 0 saturated heterocycles. The molecular formula is C57H110O17P2. The zero-order valence-corrected chi connectivity index (χ0v) is 50.2. The molecule has 0 amide bonds. The number of carbonyl (C=O) groups excluding carboxylic acids is 4. The fourth-order valence-corrected chi connectivity index (χ4v) is 9.92. The number of esters is 4. The van der Waals surface area contributed by atoms with E-state index < -0.39 is 97.5 Å².